The first-order valence-corrected chi connectivity index (χ1v) is 6.83. The molecule has 0 aromatic carbocycles. The number of nitrogens with one attached hydrogen (secondary N) is 1. The van der Waals surface area contributed by atoms with Crippen molar-refractivity contribution in [3.8, 4) is 0 Å². The number of hydrogen-bond donors (Lipinski definition) is 1. The average Bonchev–Trinajstić information content (AvgIpc) is 2.35. The van der Waals surface area contributed by atoms with Crippen LogP contribution in [-0.4, -0.2) is 31.4 Å². The summed E-state index contributed by atoms with van der Waals surface area (Å²) in [6.45, 7) is 14.2. The summed E-state index contributed by atoms with van der Waals surface area (Å²) in [7, 11) is 2.03. The topological polar surface area (TPSA) is 27.6 Å². The molecule has 0 aliphatic heterocycles. The van der Waals surface area contributed by atoms with Gasteiger partial charge in [0.2, 0.25) is 0 Å². The molecule has 0 fully saturated rings. The third kappa shape index (κ3) is 7.15. The van der Waals surface area contributed by atoms with E-state index in [2.05, 4.69) is 49.5 Å². The SMILES string of the molecule is C=CN(C)CC(NC=NCC(C)C)=C(CC)CC. The highest BCUT2D eigenvalue weighted by atomic mass is 15.1. The van der Waals surface area contributed by atoms with Gasteiger partial charge >= 0.3 is 0 Å². The fraction of sp³-hybridized carbons (Fsp3) is 0.667. The molecular formula is C15H29N3. The van der Waals surface area contributed by atoms with E-state index in [0.717, 1.165) is 25.9 Å². The van der Waals surface area contributed by atoms with E-state index in [0.29, 0.717) is 5.92 Å². The van der Waals surface area contributed by atoms with Crippen molar-refractivity contribution >= 4 is 6.34 Å². The first kappa shape index (κ1) is 16.8. The van der Waals surface area contributed by atoms with E-state index in [9.17, 15) is 0 Å². The van der Waals surface area contributed by atoms with Gasteiger partial charge in [0.15, 0.2) is 0 Å². The van der Waals surface area contributed by atoms with Gasteiger partial charge in [0, 0.05) is 19.3 Å². The molecule has 18 heavy (non-hydrogen) atoms. The summed E-state index contributed by atoms with van der Waals surface area (Å²) < 4.78 is 0. The van der Waals surface area contributed by atoms with E-state index in [1.165, 1.54) is 11.3 Å². The van der Waals surface area contributed by atoms with Gasteiger partial charge in [-0.15, -0.1) is 0 Å². The highest BCUT2D eigenvalue weighted by molar-refractivity contribution is 5.58. The van der Waals surface area contributed by atoms with Gasteiger partial charge in [-0.05, 0) is 30.5 Å². The number of rotatable bonds is 9. The second-order valence-electron chi connectivity index (χ2n) is 4.92. The molecule has 0 aliphatic rings. The van der Waals surface area contributed by atoms with E-state index in [1.807, 2.05) is 19.6 Å². The van der Waals surface area contributed by atoms with Crippen molar-refractivity contribution in [1.82, 2.24) is 10.2 Å². The lowest BCUT2D eigenvalue weighted by atomic mass is 10.1. The third-order valence-corrected chi connectivity index (χ3v) is 2.80. The van der Waals surface area contributed by atoms with Crippen LogP contribution in [-0.2, 0) is 0 Å². The molecule has 0 aromatic rings. The Morgan fingerprint density at radius 3 is 2.39 bits per heavy atom. The molecule has 0 aliphatic carbocycles. The van der Waals surface area contributed by atoms with Gasteiger partial charge < -0.3 is 10.2 Å². The van der Waals surface area contributed by atoms with Crippen LogP contribution >= 0.6 is 0 Å². The molecule has 0 radical (unpaired) electrons. The lowest BCUT2D eigenvalue weighted by molar-refractivity contribution is 0.487. The second-order valence-corrected chi connectivity index (χ2v) is 4.92. The fourth-order valence-electron chi connectivity index (χ4n) is 1.64. The Balaban J connectivity index is 4.62. The molecule has 3 heteroatoms. The van der Waals surface area contributed by atoms with E-state index < -0.39 is 0 Å². The maximum atomic E-state index is 4.38. The standard InChI is InChI=1S/C15H29N3/c1-7-14(8-2)15(11-18(6)9-3)17-12-16-10-13(4)5/h9,12-13H,3,7-8,10-11H2,1-2,4-6H3,(H,16,17). The lowest BCUT2D eigenvalue weighted by Gasteiger charge is -2.19. The van der Waals surface area contributed by atoms with Gasteiger partial charge in [0.05, 0.1) is 12.9 Å². The molecule has 0 saturated carbocycles. The van der Waals surface area contributed by atoms with E-state index >= 15 is 0 Å². The van der Waals surface area contributed by atoms with Gasteiger partial charge in [-0.2, -0.15) is 0 Å². The van der Waals surface area contributed by atoms with Crippen molar-refractivity contribution in [3.63, 3.8) is 0 Å². The van der Waals surface area contributed by atoms with Gasteiger partial charge in [0.25, 0.3) is 0 Å². The maximum Gasteiger partial charge on any atom is 0.0866 e. The number of aliphatic imine (C=N–C) groups is 1. The predicted molar refractivity (Wildman–Crippen MR) is 81.8 cm³/mol. The monoisotopic (exact) mass is 251 g/mol. The van der Waals surface area contributed by atoms with Gasteiger partial charge in [0.1, 0.15) is 0 Å². The zero-order valence-electron chi connectivity index (χ0n) is 12.7. The van der Waals surface area contributed by atoms with E-state index in [1.54, 1.807) is 0 Å². The van der Waals surface area contributed by atoms with Crippen LogP contribution in [0, 0.1) is 5.92 Å². The zero-order valence-corrected chi connectivity index (χ0v) is 12.7. The van der Waals surface area contributed by atoms with Crippen molar-refractivity contribution in [1.29, 1.82) is 0 Å². The fourth-order valence-corrected chi connectivity index (χ4v) is 1.64. The smallest absolute Gasteiger partial charge is 0.0866 e. The highest BCUT2D eigenvalue weighted by Crippen LogP contribution is 2.11. The largest absolute Gasteiger partial charge is 0.375 e. The Bertz CT molecular complexity index is 284. The summed E-state index contributed by atoms with van der Waals surface area (Å²) >= 11 is 0. The molecule has 0 amide bonds. The molecule has 0 aromatic heterocycles. The molecule has 3 nitrogen and oxygen atoms in total. The van der Waals surface area contributed by atoms with Gasteiger partial charge in [-0.1, -0.05) is 34.3 Å². The quantitative estimate of drug-likeness (QED) is 0.502. The minimum Gasteiger partial charge on any atom is -0.375 e. The minimum absolute atomic E-state index is 0.600. The minimum atomic E-state index is 0.600. The summed E-state index contributed by atoms with van der Waals surface area (Å²) in [5.74, 6) is 0.600. The normalized spacial score (nSPS) is 10.8. The second kappa shape index (κ2) is 9.75. The number of nitrogens with zero attached hydrogens (tertiary/aromatic N) is 2. The number of allylic oxidation sites excluding steroid dienone is 1. The van der Waals surface area contributed by atoms with Crippen LogP contribution in [0.1, 0.15) is 40.5 Å². The van der Waals surface area contributed by atoms with Crippen LogP contribution in [0.25, 0.3) is 0 Å². The van der Waals surface area contributed by atoms with Crippen LogP contribution in [0.2, 0.25) is 0 Å². The Labute approximate surface area is 113 Å². The number of likely N-dealkylation sites (N-methyl/N-ethyl adjacent to an activating group) is 1. The molecule has 1 N–H and O–H groups in total. The molecule has 0 heterocycles. The third-order valence-electron chi connectivity index (χ3n) is 2.80. The summed E-state index contributed by atoms with van der Waals surface area (Å²) in [5, 5.41) is 3.34. The number of hydrogen-bond acceptors (Lipinski definition) is 2. The maximum absolute atomic E-state index is 4.38. The van der Waals surface area contributed by atoms with Gasteiger partial charge in [-0.3, -0.25) is 4.99 Å². The summed E-state index contributed by atoms with van der Waals surface area (Å²) in [6.07, 6.45) is 5.82. The van der Waals surface area contributed by atoms with E-state index in [4.69, 9.17) is 0 Å². The summed E-state index contributed by atoms with van der Waals surface area (Å²) in [5.41, 5.74) is 2.69. The van der Waals surface area contributed by atoms with Crippen LogP contribution in [0.15, 0.2) is 29.0 Å². The molecule has 0 spiro atoms. The Kier molecular flexibility index (Phi) is 9.07. The molecule has 0 bridgehead atoms. The molecule has 0 saturated heterocycles. The van der Waals surface area contributed by atoms with Crippen LogP contribution in [0.5, 0.6) is 0 Å². The van der Waals surface area contributed by atoms with Crippen molar-refractivity contribution in [2.45, 2.75) is 40.5 Å². The molecular weight excluding hydrogens is 222 g/mol. The van der Waals surface area contributed by atoms with Crippen LogP contribution in [0.3, 0.4) is 0 Å². The molecule has 104 valence electrons. The Morgan fingerprint density at radius 2 is 1.94 bits per heavy atom. The predicted octanol–water partition coefficient (Wildman–Crippen LogP) is 3.41. The lowest BCUT2D eigenvalue weighted by Crippen LogP contribution is -2.25. The Hall–Kier alpha value is -1.25. The molecule has 0 rings (SSSR count). The molecule has 0 unspecified atom stereocenters. The average molecular weight is 251 g/mol. The first-order chi connectivity index (χ1) is 8.54. The van der Waals surface area contributed by atoms with Crippen molar-refractivity contribution in [2.75, 3.05) is 20.1 Å². The van der Waals surface area contributed by atoms with Crippen molar-refractivity contribution < 1.29 is 0 Å². The van der Waals surface area contributed by atoms with Crippen molar-refractivity contribution in [3.05, 3.63) is 24.0 Å². The molecule has 0 atom stereocenters. The Morgan fingerprint density at radius 1 is 1.33 bits per heavy atom. The summed E-state index contributed by atoms with van der Waals surface area (Å²) in [4.78, 5) is 6.45. The first-order valence-electron chi connectivity index (χ1n) is 6.83. The van der Waals surface area contributed by atoms with Crippen LogP contribution in [0.4, 0.5) is 0 Å². The van der Waals surface area contributed by atoms with E-state index in [-0.39, 0.29) is 0 Å². The van der Waals surface area contributed by atoms with Gasteiger partial charge in [-0.25, -0.2) is 0 Å². The van der Waals surface area contributed by atoms with Crippen LogP contribution < -0.4 is 5.32 Å². The summed E-state index contributed by atoms with van der Waals surface area (Å²) in [6, 6.07) is 0. The zero-order chi connectivity index (χ0) is 14.0. The van der Waals surface area contributed by atoms with Crippen molar-refractivity contribution in [2.24, 2.45) is 10.9 Å². The highest BCUT2D eigenvalue weighted by Gasteiger charge is 2.04.